The zero-order valence-electron chi connectivity index (χ0n) is 10.5. The summed E-state index contributed by atoms with van der Waals surface area (Å²) in [6, 6.07) is 10.2. The summed E-state index contributed by atoms with van der Waals surface area (Å²) in [7, 11) is 0. The smallest absolute Gasteiger partial charge is 0.0368 e. The lowest BCUT2D eigenvalue weighted by molar-refractivity contribution is 0.481. The zero-order chi connectivity index (χ0) is 11.5. The highest BCUT2D eigenvalue weighted by atomic mass is 15.2. The van der Waals surface area contributed by atoms with Crippen LogP contribution in [-0.4, -0.2) is 18.6 Å². The normalized spacial score (nSPS) is 20.0. The molecule has 1 atom stereocenters. The largest absolute Gasteiger partial charge is 0.369 e. The van der Waals surface area contributed by atoms with E-state index in [1.54, 1.807) is 0 Å². The molecule has 2 heteroatoms. The van der Waals surface area contributed by atoms with Gasteiger partial charge in [-0.15, -0.1) is 0 Å². The first-order valence-electron chi connectivity index (χ1n) is 6.26. The van der Waals surface area contributed by atoms with Crippen LogP contribution in [0.3, 0.4) is 0 Å². The van der Waals surface area contributed by atoms with Crippen molar-refractivity contribution in [2.24, 2.45) is 0 Å². The molecule has 1 saturated heterocycles. The minimum Gasteiger partial charge on any atom is -0.369 e. The van der Waals surface area contributed by atoms with Crippen LogP contribution in [0.2, 0.25) is 0 Å². The lowest BCUT2D eigenvalue weighted by Gasteiger charge is -2.40. The van der Waals surface area contributed by atoms with Crippen molar-refractivity contribution in [2.75, 3.05) is 11.4 Å². The summed E-state index contributed by atoms with van der Waals surface area (Å²) in [4.78, 5) is 2.46. The van der Waals surface area contributed by atoms with E-state index < -0.39 is 0 Å². The second-order valence-corrected chi connectivity index (χ2v) is 5.03. The molecule has 2 rings (SSSR count). The van der Waals surface area contributed by atoms with E-state index in [0.29, 0.717) is 6.04 Å². The zero-order valence-corrected chi connectivity index (χ0v) is 10.5. The minimum atomic E-state index is 0.551. The van der Waals surface area contributed by atoms with Gasteiger partial charge in [0.25, 0.3) is 0 Å². The van der Waals surface area contributed by atoms with Crippen LogP contribution in [0.15, 0.2) is 24.3 Å². The third kappa shape index (κ3) is 2.56. The second kappa shape index (κ2) is 4.88. The van der Waals surface area contributed by atoms with Crippen molar-refractivity contribution in [1.82, 2.24) is 5.32 Å². The Labute approximate surface area is 98.7 Å². The van der Waals surface area contributed by atoms with E-state index in [2.05, 4.69) is 55.3 Å². The molecule has 1 heterocycles. The molecule has 1 N–H and O–H groups in total. The van der Waals surface area contributed by atoms with Gasteiger partial charge in [0.1, 0.15) is 0 Å². The molecule has 0 spiro atoms. The SMILES string of the molecule is CC(C)NCc1ccc(N2CCC2C)cc1. The van der Waals surface area contributed by atoms with E-state index in [4.69, 9.17) is 0 Å². The number of anilines is 1. The molecule has 0 amide bonds. The van der Waals surface area contributed by atoms with Gasteiger partial charge in [-0.1, -0.05) is 26.0 Å². The number of nitrogens with one attached hydrogen (secondary N) is 1. The van der Waals surface area contributed by atoms with Gasteiger partial charge in [-0.2, -0.15) is 0 Å². The van der Waals surface area contributed by atoms with Gasteiger partial charge in [0.15, 0.2) is 0 Å². The van der Waals surface area contributed by atoms with Gasteiger partial charge in [0, 0.05) is 30.9 Å². The summed E-state index contributed by atoms with van der Waals surface area (Å²) < 4.78 is 0. The minimum absolute atomic E-state index is 0.551. The molecular weight excluding hydrogens is 196 g/mol. The highest BCUT2D eigenvalue weighted by Gasteiger charge is 2.23. The Kier molecular flexibility index (Phi) is 3.49. The molecule has 2 nitrogen and oxygen atoms in total. The topological polar surface area (TPSA) is 15.3 Å². The Bertz CT molecular complexity index is 329. The van der Waals surface area contributed by atoms with E-state index >= 15 is 0 Å². The Morgan fingerprint density at radius 2 is 2.00 bits per heavy atom. The van der Waals surface area contributed by atoms with E-state index in [0.717, 1.165) is 12.6 Å². The molecule has 0 radical (unpaired) electrons. The van der Waals surface area contributed by atoms with Gasteiger partial charge in [0.05, 0.1) is 0 Å². The first kappa shape index (κ1) is 11.5. The van der Waals surface area contributed by atoms with Crippen molar-refractivity contribution in [3.63, 3.8) is 0 Å². The first-order chi connectivity index (χ1) is 7.66. The van der Waals surface area contributed by atoms with Crippen molar-refractivity contribution in [2.45, 2.75) is 45.8 Å². The standard InChI is InChI=1S/C14H22N2/c1-11(2)15-10-13-4-6-14(7-5-13)16-9-8-12(16)3/h4-7,11-12,15H,8-10H2,1-3H3. The fraction of sp³-hybridized carbons (Fsp3) is 0.571. The molecular formula is C14H22N2. The predicted molar refractivity (Wildman–Crippen MR) is 69.8 cm³/mol. The van der Waals surface area contributed by atoms with Crippen molar-refractivity contribution < 1.29 is 0 Å². The predicted octanol–water partition coefficient (Wildman–Crippen LogP) is 2.78. The van der Waals surface area contributed by atoms with Crippen molar-refractivity contribution in [1.29, 1.82) is 0 Å². The Morgan fingerprint density at radius 3 is 2.44 bits per heavy atom. The van der Waals surface area contributed by atoms with Crippen molar-refractivity contribution in [3.05, 3.63) is 29.8 Å². The molecule has 1 fully saturated rings. The summed E-state index contributed by atoms with van der Waals surface area (Å²) in [6.07, 6.45) is 1.33. The van der Waals surface area contributed by atoms with Gasteiger partial charge in [-0.3, -0.25) is 0 Å². The number of benzene rings is 1. The summed E-state index contributed by atoms with van der Waals surface area (Å²) in [5.74, 6) is 0. The maximum Gasteiger partial charge on any atom is 0.0368 e. The molecule has 1 aliphatic rings. The van der Waals surface area contributed by atoms with Crippen LogP contribution in [0, 0.1) is 0 Å². The van der Waals surface area contributed by atoms with Gasteiger partial charge in [0.2, 0.25) is 0 Å². The second-order valence-electron chi connectivity index (χ2n) is 5.03. The fourth-order valence-corrected chi connectivity index (χ4v) is 2.03. The number of hydrogen-bond acceptors (Lipinski definition) is 2. The number of hydrogen-bond donors (Lipinski definition) is 1. The van der Waals surface area contributed by atoms with Crippen molar-refractivity contribution in [3.8, 4) is 0 Å². The summed E-state index contributed by atoms with van der Waals surface area (Å²) in [6.45, 7) is 8.82. The van der Waals surface area contributed by atoms with E-state index in [-0.39, 0.29) is 0 Å². The average Bonchev–Trinajstić information content (AvgIpc) is 2.26. The Morgan fingerprint density at radius 1 is 1.31 bits per heavy atom. The fourth-order valence-electron chi connectivity index (χ4n) is 2.03. The summed E-state index contributed by atoms with van der Waals surface area (Å²) in [5.41, 5.74) is 2.73. The average molecular weight is 218 g/mol. The Balaban J connectivity index is 1.94. The molecule has 1 aromatic carbocycles. The monoisotopic (exact) mass is 218 g/mol. The molecule has 0 bridgehead atoms. The number of nitrogens with zero attached hydrogens (tertiary/aromatic N) is 1. The highest BCUT2D eigenvalue weighted by Crippen LogP contribution is 2.26. The number of rotatable bonds is 4. The van der Waals surface area contributed by atoms with Crippen LogP contribution < -0.4 is 10.2 Å². The first-order valence-corrected chi connectivity index (χ1v) is 6.26. The molecule has 0 aliphatic carbocycles. The highest BCUT2D eigenvalue weighted by molar-refractivity contribution is 5.50. The van der Waals surface area contributed by atoms with Gasteiger partial charge in [-0.05, 0) is 31.0 Å². The maximum atomic E-state index is 3.43. The van der Waals surface area contributed by atoms with Gasteiger partial charge < -0.3 is 10.2 Å². The van der Waals surface area contributed by atoms with Crippen LogP contribution >= 0.6 is 0 Å². The third-order valence-corrected chi connectivity index (χ3v) is 3.30. The molecule has 1 aromatic rings. The summed E-state index contributed by atoms with van der Waals surface area (Å²) in [5, 5.41) is 3.43. The van der Waals surface area contributed by atoms with Crippen LogP contribution in [0.4, 0.5) is 5.69 Å². The molecule has 1 aliphatic heterocycles. The lowest BCUT2D eigenvalue weighted by Crippen LogP contribution is -2.45. The van der Waals surface area contributed by atoms with E-state index in [1.807, 2.05) is 0 Å². The summed E-state index contributed by atoms with van der Waals surface area (Å²) >= 11 is 0. The molecule has 0 saturated carbocycles. The van der Waals surface area contributed by atoms with E-state index in [1.165, 1.54) is 24.2 Å². The van der Waals surface area contributed by atoms with Crippen LogP contribution in [0.1, 0.15) is 32.8 Å². The maximum absolute atomic E-state index is 3.43. The van der Waals surface area contributed by atoms with Gasteiger partial charge >= 0.3 is 0 Å². The molecule has 0 aromatic heterocycles. The third-order valence-electron chi connectivity index (χ3n) is 3.30. The van der Waals surface area contributed by atoms with Crippen LogP contribution in [0.5, 0.6) is 0 Å². The van der Waals surface area contributed by atoms with Crippen LogP contribution in [-0.2, 0) is 6.54 Å². The molecule has 16 heavy (non-hydrogen) atoms. The Hall–Kier alpha value is -1.02. The van der Waals surface area contributed by atoms with E-state index in [9.17, 15) is 0 Å². The lowest BCUT2D eigenvalue weighted by atomic mass is 10.0. The quantitative estimate of drug-likeness (QED) is 0.836. The molecule has 1 unspecified atom stereocenters. The van der Waals surface area contributed by atoms with Gasteiger partial charge in [-0.25, -0.2) is 0 Å². The van der Waals surface area contributed by atoms with Crippen LogP contribution in [0.25, 0.3) is 0 Å². The molecule has 88 valence electrons. The van der Waals surface area contributed by atoms with Crippen molar-refractivity contribution >= 4 is 5.69 Å².